The minimum atomic E-state index is -0.969. The molecule has 172 valence electrons. The number of hydrogen-bond donors (Lipinski definition) is 4. The molecule has 0 fully saturated rings. The third kappa shape index (κ3) is 6.07. The number of nitrogens with two attached hydrogens (primary N) is 2. The highest BCUT2D eigenvalue weighted by Crippen LogP contribution is 2.13. The van der Waals surface area contributed by atoms with Gasteiger partial charge < -0.3 is 26.3 Å². The minimum absolute atomic E-state index is 0.00533. The van der Waals surface area contributed by atoms with Gasteiger partial charge in [-0.1, -0.05) is 0 Å². The van der Waals surface area contributed by atoms with Crippen molar-refractivity contribution in [2.75, 3.05) is 18.2 Å². The number of benzene rings is 1. The predicted octanol–water partition coefficient (Wildman–Crippen LogP) is -0.129. The summed E-state index contributed by atoms with van der Waals surface area (Å²) < 4.78 is 9.22. The number of nitrogen functional groups attached to an aromatic ring is 1. The highest BCUT2D eigenvalue weighted by atomic mass is 16.6. The molecule has 0 bridgehead atoms. The van der Waals surface area contributed by atoms with E-state index in [2.05, 4.69) is 30.0 Å². The number of rotatable bonds is 8. The Morgan fingerprint density at radius 3 is 2.61 bits per heavy atom. The monoisotopic (exact) mass is 455 g/mol. The van der Waals surface area contributed by atoms with Crippen molar-refractivity contribution in [2.45, 2.75) is 25.4 Å². The first-order chi connectivity index (χ1) is 15.8. The zero-order valence-electron chi connectivity index (χ0n) is 17.5. The van der Waals surface area contributed by atoms with Crippen LogP contribution in [0.4, 0.5) is 11.6 Å². The summed E-state index contributed by atoms with van der Waals surface area (Å²) in [5.41, 5.74) is 12.0. The van der Waals surface area contributed by atoms with Crippen LogP contribution in [0, 0.1) is 0 Å². The maximum absolute atomic E-state index is 12.1. The zero-order valence-corrected chi connectivity index (χ0v) is 17.5. The lowest BCUT2D eigenvalue weighted by molar-refractivity contribution is -0.143. The van der Waals surface area contributed by atoms with E-state index in [-0.39, 0.29) is 42.1 Å². The van der Waals surface area contributed by atoms with E-state index < -0.39 is 29.5 Å². The maximum atomic E-state index is 12.1. The molecule has 1 atom stereocenters. The van der Waals surface area contributed by atoms with E-state index in [4.69, 9.17) is 16.2 Å². The van der Waals surface area contributed by atoms with E-state index in [0.29, 0.717) is 11.4 Å². The Balaban J connectivity index is 1.54. The Morgan fingerprint density at radius 1 is 1.18 bits per heavy atom. The SMILES string of the molecule is COC(=O)[C@@H](N)CCC(=O)OC(=O)c1ccc(NCc2cnc3nc(N)[nH]c(=O)c3n2)cc1. The van der Waals surface area contributed by atoms with E-state index in [1.165, 1.54) is 25.4 Å². The van der Waals surface area contributed by atoms with Gasteiger partial charge in [-0.15, -0.1) is 0 Å². The molecule has 1 aromatic carbocycles. The zero-order chi connectivity index (χ0) is 24.0. The van der Waals surface area contributed by atoms with Crippen molar-refractivity contribution < 1.29 is 23.9 Å². The molecule has 6 N–H and O–H groups in total. The van der Waals surface area contributed by atoms with Crippen LogP contribution in [0.1, 0.15) is 28.9 Å². The van der Waals surface area contributed by atoms with Gasteiger partial charge in [-0.2, -0.15) is 4.98 Å². The lowest BCUT2D eigenvalue weighted by Crippen LogP contribution is -2.32. The standard InChI is InChI=1S/C20H21N7O6/c1-32-19(31)13(21)6-7-14(28)33-18(30)10-2-4-11(5-3-10)23-8-12-9-24-16-15(25-12)17(29)27-20(22)26-16/h2-5,9,13,23H,6-8,21H2,1H3,(H3,22,24,26,27,29)/t13-/m0/s1. The predicted molar refractivity (Wildman–Crippen MR) is 116 cm³/mol. The van der Waals surface area contributed by atoms with Gasteiger partial charge in [0, 0.05) is 12.1 Å². The Kier molecular flexibility index (Phi) is 7.25. The van der Waals surface area contributed by atoms with Crippen molar-refractivity contribution in [2.24, 2.45) is 5.73 Å². The highest BCUT2D eigenvalue weighted by Gasteiger charge is 2.18. The number of aromatic amines is 1. The number of esters is 3. The largest absolute Gasteiger partial charge is 0.468 e. The fraction of sp³-hybridized carbons (Fsp3) is 0.250. The van der Waals surface area contributed by atoms with Gasteiger partial charge >= 0.3 is 17.9 Å². The van der Waals surface area contributed by atoms with Gasteiger partial charge in [-0.25, -0.2) is 14.8 Å². The summed E-state index contributed by atoms with van der Waals surface area (Å²) in [5.74, 6) is -2.33. The number of H-pyrrole nitrogens is 1. The van der Waals surface area contributed by atoms with Gasteiger partial charge in [0.05, 0.1) is 31.1 Å². The quantitative estimate of drug-likeness (QED) is 0.259. The molecular formula is C20H21N7O6. The molecule has 0 aliphatic carbocycles. The van der Waals surface area contributed by atoms with Crippen LogP contribution in [0.5, 0.6) is 0 Å². The average Bonchev–Trinajstić information content (AvgIpc) is 2.81. The molecule has 0 aliphatic heterocycles. The number of nitrogens with one attached hydrogen (secondary N) is 2. The number of hydrogen-bond acceptors (Lipinski definition) is 12. The molecule has 13 heteroatoms. The third-order valence-corrected chi connectivity index (χ3v) is 4.45. The van der Waals surface area contributed by atoms with Crippen LogP contribution in [-0.2, 0) is 25.6 Å². The summed E-state index contributed by atoms with van der Waals surface area (Å²) in [4.78, 5) is 61.6. The Bertz CT molecular complexity index is 1240. The Hall–Kier alpha value is -4.39. The second-order valence-electron chi connectivity index (χ2n) is 6.85. The lowest BCUT2D eigenvalue weighted by Gasteiger charge is -2.09. The molecule has 0 spiro atoms. The van der Waals surface area contributed by atoms with E-state index in [1.807, 2.05) is 0 Å². The van der Waals surface area contributed by atoms with E-state index in [1.54, 1.807) is 12.1 Å². The van der Waals surface area contributed by atoms with Crippen molar-refractivity contribution >= 4 is 40.7 Å². The van der Waals surface area contributed by atoms with Gasteiger partial charge in [0.1, 0.15) is 6.04 Å². The molecule has 0 unspecified atom stereocenters. The van der Waals surface area contributed by atoms with Crippen LogP contribution < -0.4 is 22.3 Å². The number of carbonyl (C=O) groups is 3. The maximum Gasteiger partial charge on any atom is 0.345 e. The summed E-state index contributed by atoms with van der Waals surface area (Å²) in [6.45, 7) is 0.246. The van der Waals surface area contributed by atoms with E-state index in [9.17, 15) is 19.2 Å². The lowest BCUT2D eigenvalue weighted by atomic mass is 10.1. The summed E-state index contributed by atoms with van der Waals surface area (Å²) in [6.07, 6.45) is 1.25. The van der Waals surface area contributed by atoms with Crippen LogP contribution in [0.3, 0.4) is 0 Å². The average molecular weight is 455 g/mol. The van der Waals surface area contributed by atoms with E-state index >= 15 is 0 Å². The number of methoxy groups -OCH3 is 1. The van der Waals surface area contributed by atoms with Gasteiger partial charge in [0.15, 0.2) is 11.2 Å². The van der Waals surface area contributed by atoms with Crippen LogP contribution in [0.25, 0.3) is 11.2 Å². The second kappa shape index (κ2) is 10.3. The van der Waals surface area contributed by atoms with E-state index in [0.717, 1.165) is 0 Å². The number of aromatic nitrogens is 4. The van der Waals surface area contributed by atoms with Crippen molar-refractivity contribution in [3.8, 4) is 0 Å². The van der Waals surface area contributed by atoms with Crippen LogP contribution in [0.15, 0.2) is 35.3 Å². The number of fused-ring (bicyclic) bond motifs is 1. The third-order valence-electron chi connectivity index (χ3n) is 4.45. The fourth-order valence-corrected chi connectivity index (χ4v) is 2.73. The molecule has 2 aromatic heterocycles. The molecule has 0 amide bonds. The molecule has 0 radical (unpaired) electrons. The summed E-state index contributed by atoms with van der Waals surface area (Å²) >= 11 is 0. The molecule has 33 heavy (non-hydrogen) atoms. The molecule has 3 aromatic rings. The highest BCUT2D eigenvalue weighted by molar-refractivity contribution is 5.97. The molecule has 0 aliphatic rings. The smallest absolute Gasteiger partial charge is 0.345 e. The first-order valence-electron chi connectivity index (χ1n) is 9.70. The van der Waals surface area contributed by atoms with Gasteiger partial charge in [0.2, 0.25) is 5.95 Å². The molecule has 0 saturated heterocycles. The summed E-state index contributed by atoms with van der Waals surface area (Å²) in [6, 6.07) is 5.20. The number of nitrogens with zero attached hydrogens (tertiary/aromatic N) is 3. The first-order valence-corrected chi connectivity index (χ1v) is 9.70. The van der Waals surface area contributed by atoms with Crippen molar-refractivity contribution in [1.29, 1.82) is 0 Å². The topological polar surface area (TPSA) is 205 Å². The van der Waals surface area contributed by atoms with Crippen molar-refractivity contribution in [3.05, 3.63) is 52.1 Å². The Morgan fingerprint density at radius 2 is 1.91 bits per heavy atom. The van der Waals surface area contributed by atoms with Crippen molar-refractivity contribution in [3.63, 3.8) is 0 Å². The fourth-order valence-electron chi connectivity index (χ4n) is 2.73. The number of ether oxygens (including phenoxy) is 2. The number of carbonyl (C=O) groups excluding carboxylic acids is 3. The Labute approximate surface area is 186 Å². The second-order valence-corrected chi connectivity index (χ2v) is 6.85. The molecule has 2 heterocycles. The van der Waals surface area contributed by atoms with Crippen LogP contribution in [0.2, 0.25) is 0 Å². The van der Waals surface area contributed by atoms with Gasteiger partial charge in [-0.3, -0.25) is 19.4 Å². The minimum Gasteiger partial charge on any atom is -0.468 e. The summed E-state index contributed by atoms with van der Waals surface area (Å²) in [5, 5.41) is 3.08. The number of anilines is 2. The van der Waals surface area contributed by atoms with Crippen molar-refractivity contribution in [1.82, 2.24) is 19.9 Å². The summed E-state index contributed by atoms with van der Waals surface area (Å²) in [7, 11) is 1.19. The van der Waals surface area contributed by atoms with Gasteiger partial charge in [0.25, 0.3) is 5.56 Å². The first kappa shape index (κ1) is 23.3. The molecule has 0 saturated carbocycles. The van der Waals surface area contributed by atoms with Gasteiger partial charge in [-0.05, 0) is 30.7 Å². The van der Waals surface area contributed by atoms with Crippen LogP contribution in [-0.4, -0.2) is 51.0 Å². The molecule has 13 nitrogen and oxygen atoms in total. The normalized spacial score (nSPS) is 11.6. The molecular weight excluding hydrogens is 434 g/mol. The molecule has 3 rings (SSSR count). The van der Waals surface area contributed by atoms with Crippen LogP contribution >= 0.6 is 0 Å².